The summed E-state index contributed by atoms with van der Waals surface area (Å²) >= 11 is 11.9. The fourth-order valence-corrected chi connectivity index (χ4v) is 2.89. The van der Waals surface area contributed by atoms with Gasteiger partial charge in [-0.3, -0.25) is 9.59 Å². The highest BCUT2D eigenvalue weighted by molar-refractivity contribution is 6.35. The molecule has 0 bridgehead atoms. The molecule has 0 aliphatic heterocycles. The smallest absolute Gasteiger partial charge is 0.255 e. The molecular weight excluding hydrogens is 395 g/mol. The molecule has 0 atom stereocenters. The zero-order valence-electron chi connectivity index (χ0n) is 14.7. The molecule has 0 aliphatic carbocycles. The molecular formula is C22H16Cl2N2O2. The Bertz CT molecular complexity index is 1020. The molecule has 0 spiro atoms. The summed E-state index contributed by atoms with van der Waals surface area (Å²) in [5.41, 5.74) is 2.48. The lowest BCUT2D eigenvalue weighted by molar-refractivity contribution is -0.111. The predicted octanol–water partition coefficient (Wildman–Crippen LogP) is 5.90. The van der Waals surface area contributed by atoms with Crippen LogP contribution < -0.4 is 10.6 Å². The second-order valence-corrected chi connectivity index (χ2v) is 6.73. The fourth-order valence-electron chi connectivity index (χ4n) is 2.42. The van der Waals surface area contributed by atoms with E-state index in [0.717, 1.165) is 5.69 Å². The summed E-state index contributed by atoms with van der Waals surface area (Å²) in [6.07, 6.45) is 2.99. The van der Waals surface area contributed by atoms with Crippen LogP contribution in [0, 0.1) is 0 Å². The fraction of sp³-hybridized carbons (Fsp3) is 0. The van der Waals surface area contributed by atoms with Gasteiger partial charge in [-0.15, -0.1) is 0 Å². The minimum Gasteiger partial charge on any atom is -0.323 e. The van der Waals surface area contributed by atoms with Crippen LogP contribution in [0.4, 0.5) is 11.4 Å². The average molecular weight is 411 g/mol. The highest BCUT2D eigenvalue weighted by Crippen LogP contribution is 2.22. The zero-order chi connectivity index (χ0) is 19.9. The van der Waals surface area contributed by atoms with Gasteiger partial charge in [-0.1, -0.05) is 47.5 Å². The van der Waals surface area contributed by atoms with Crippen LogP contribution in [0.2, 0.25) is 10.0 Å². The number of hydrogen-bond acceptors (Lipinski definition) is 2. The van der Waals surface area contributed by atoms with Gasteiger partial charge in [0.2, 0.25) is 5.91 Å². The first-order chi connectivity index (χ1) is 13.5. The van der Waals surface area contributed by atoms with Crippen molar-refractivity contribution in [2.45, 2.75) is 0 Å². The Labute approximate surface area is 172 Å². The van der Waals surface area contributed by atoms with E-state index in [9.17, 15) is 9.59 Å². The van der Waals surface area contributed by atoms with Gasteiger partial charge in [-0.25, -0.2) is 0 Å². The van der Waals surface area contributed by atoms with Crippen molar-refractivity contribution in [3.63, 3.8) is 0 Å². The van der Waals surface area contributed by atoms with Crippen molar-refractivity contribution in [2.24, 2.45) is 0 Å². The van der Waals surface area contributed by atoms with Gasteiger partial charge in [-0.2, -0.15) is 0 Å². The second-order valence-electron chi connectivity index (χ2n) is 5.89. The van der Waals surface area contributed by atoms with Crippen LogP contribution in [-0.4, -0.2) is 11.8 Å². The third-order valence-electron chi connectivity index (χ3n) is 3.82. The van der Waals surface area contributed by atoms with Gasteiger partial charge in [0, 0.05) is 33.1 Å². The molecule has 4 nitrogen and oxygen atoms in total. The summed E-state index contributed by atoms with van der Waals surface area (Å²) in [5.74, 6) is -0.533. The minimum absolute atomic E-state index is 0.221. The van der Waals surface area contributed by atoms with Gasteiger partial charge in [0.05, 0.1) is 0 Å². The number of carbonyl (C=O) groups excluding carboxylic acids is 2. The van der Waals surface area contributed by atoms with Crippen molar-refractivity contribution in [2.75, 3.05) is 10.6 Å². The Morgan fingerprint density at radius 3 is 2.14 bits per heavy atom. The lowest BCUT2D eigenvalue weighted by Gasteiger charge is -2.06. The van der Waals surface area contributed by atoms with E-state index in [2.05, 4.69) is 10.6 Å². The lowest BCUT2D eigenvalue weighted by Crippen LogP contribution is -2.12. The summed E-state index contributed by atoms with van der Waals surface area (Å²) in [4.78, 5) is 24.3. The van der Waals surface area contributed by atoms with Crippen LogP contribution in [-0.2, 0) is 4.79 Å². The number of para-hydroxylation sites is 1. The third-order valence-corrected chi connectivity index (χ3v) is 4.39. The molecule has 3 rings (SSSR count). The molecule has 2 N–H and O–H groups in total. The first-order valence-corrected chi connectivity index (χ1v) is 9.17. The highest BCUT2D eigenvalue weighted by Gasteiger charge is 2.06. The van der Waals surface area contributed by atoms with E-state index in [1.807, 2.05) is 30.3 Å². The maximum absolute atomic E-state index is 12.2. The number of anilines is 2. The molecule has 28 heavy (non-hydrogen) atoms. The van der Waals surface area contributed by atoms with Crippen molar-refractivity contribution in [3.05, 3.63) is 100 Å². The van der Waals surface area contributed by atoms with Crippen molar-refractivity contribution in [1.82, 2.24) is 0 Å². The Kier molecular flexibility index (Phi) is 6.48. The molecule has 0 heterocycles. The van der Waals surface area contributed by atoms with E-state index >= 15 is 0 Å². The van der Waals surface area contributed by atoms with E-state index in [1.165, 1.54) is 6.08 Å². The summed E-state index contributed by atoms with van der Waals surface area (Å²) < 4.78 is 0. The second kappa shape index (κ2) is 9.22. The van der Waals surface area contributed by atoms with Crippen LogP contribution in [0.3, 0.4) is 0 Å². The number of halogens is 2. The Morgan fingerprint density at radius 1 is 0.786 bits per heavy atom. The molecule has 0 unspecified atom stereocenters. The number of amides is 2. The summed E-state index contributed by atoms with van der Waals surface area (Å²) in [6.45, 7) is 0. The molecule has 3 aromatic carbocycles. The molecule has 0 radical (unpaired) electrons. The average Bonchev–Trinajstić information content (AvgIpc) is 2.68. The summed E-state index contributed by atoms with van der Waals surface area (Å²) in [6, 6.07) is 20.9. The Hall–Kier alpha value is -3.08. The van der Waals surface area contributed by atoms with Crippen LogP contribution >= 0.6 is 23.2 Å². The molecule has 0 aliphatic rings. The van der Waals surface area contributed by atoms with Crippen molar-refractivity contribution >= 4 is 52.5 Å². The van der Waals surface area contributed by atoms with E-state index in [-0.39, 0.29) is 11.8 Å². The first kappa shape index (κ1) is 19.7. The van der Waals surface area contributed by atoms with Crippen LogP contribution in [0.15, 0.2) is 78.9 Å². The molecule has 3 aromatic rings. The normalized spacial score (nSPS) is 10.6. The van der Waals surface area contributed by atoms with Crippen molar-refractivity contribution in [1.29, 1.82) is 0 Å². The van der Waals surface area contributed by atoms with Crippen LogP contribution in [0.25, 0.3) is 6.08 Å². The topological polar surface area (TPSA) is 58.2 Å². The lowest BCUT2D eigenvalue weighted by atomic mass is 10.2. The van der Waals surface area contributed by atoms with Gasteiger partial charge in [0.25, 0.3) is 5.91 Å². The number of benzene rings is 3. The summed E-state index contributed by atoms with van der Waals surface area (Å²) in [5, 5.41) is 6.53. The minimum atomic E-state index is -0.312. The Balaban J connectivity index is 1.59. The molecule has 0 fully saturated rings. The van der Waals surface area contributed by atoms with Gasteiger partial charge in [-0.05, 0) is 60.2 Å². The maximum Gasteiger partial charge on any atom is 0.255 e. The number of nitrogens with one attached hydrogen (secondary N) is 2. The highest BCUT2D eigenvalue weighted by atomic mass is 35.5. The number of hydrogen-bond donors (Lipinski definition) is 2. The molecule has 0 saturated carbocycles. The summed E-state index contributed by atoms with van der Waals surface area (Å²) in [7, 11) is 0. The van der Waals surface area contributed by atoms with Gasteiger partial charge in [0.15, 0.2) is 0 Å². The standard InChI is InChI=1S/C22H16Cl2N2O2/c23-17-10-6-15(20(24)14-17)9-13-21(27)25-19-11-7-16(8-12-19)22(28)26-18-4-2-1-3-5-18/h1-14H,(H,25,27)(H,26,28). The van der Waals surface area contributed by atoms with Gasteiger partial charge >= 0.3 is 0 Å². The molecule has 0 saturated heterocycles. The van der Waals surface area contributed by atoms with E-state index in [0.29, 0.717) is 26.9 Å². The van der Waals surface area contributed by atoms with Gasteiger partial charge in [0.1, 0.15) is 0 Å². The van der Waals surface area contributed by atoms with Crippen molar-refractivity contribution < 1.29 is 9.59 Å². The monoisotopic (exact) mass is 410 g/mol. The zero-order valence-corrected chi connectivity index (χ0v) is 16.2. The molecule has 0 aromatic heterocycles. The largest absolute Gasteiger partial charge is 0.323 e. The SMILES string of the molecule is O=C(C=Cc1ccc(Cl)cc1Cl)Nc1ccc(C(=O)Nc2ccccc2)cc1. The molecule has 6 heteroatoms. The van der Waals surface area contributed by atoms with E-state index in [1.54, 1.807) is 48.5 Å². The maximum atomic E-state index is 12.2. The first-order valence-electron chi connectivity index (χ1n) is 8.42. The molecule has 2 amide bonds. The van der Waals surface area contributed by atoms with E-state index < -0.39 is 0 Å². The number of rotatable bonds is 5. The Morgan fingerprint density at radius 2 is 1.46 bits per heavy atom. The van der Waals surface area contributed by atoms with Crippen molar-refractivity contribution in [3.8, 4) is 0 Å². The third kappa shape index (κ3) is 5.46. The predicted molar refractivity (Wildman–Crippen MR) is 115 cm³/mol. The quantitative estimate of drug-likeness (QED) is 0.514. The van der Waals surface area contributed by atoms with Crippen LogP contribution in [0.5, 0.6) is 0 Å². The van der Waals surface area contributed by atoms with E-state index in [4.69, 9.17) is 23.2 Å². The number of carbonyl (C=O) groups is 2. The van der Waals surface area contributed by atoms with Gasteiger partial charge < -0.3 is 10.6 Å². The van der Waals surface area contributed by atoms with Crippen LogP contribution in [0.1, 0.15) is 15.9 Å². The molecule has 140 valence electrons.